The summed E-state index contributed by atoms with van der Waals surface area (Å²) in [5.74, 6) is -0.0703. The first-order valence-corrected chi connectivity index (χ1v) is 10.1. The number of oxime groups is 1. The lowest BCUT2D eigenvalue weighted by atomic mass is 9.86. The van der Waals surface area contributed by atoms with Crippen molar-refractivity contribution in [3.8, 4) is 0 Å². The summed E-state index contributed by atoms with van der Waals surface area (Å²) in [6.45, 7) is 1.25. The van der Waals surface area contributed by atoms with E-state index in [4.69, 9.17) is 4.84 Å². The molecule has 1 aromatic rings. The normalized spacial score (nSPS) is 22.2. The Bertz CT molecular complexity index is 729. The molecule has 7 heteroatoms. The molecule has 1 aliphatic carbocycles. The third-order valence-corrected chi connectivity index (χ3v) is 6.30. The molecule has 0 aromatic carbocycles. The molecule has 6 nitrogen and oxygen atoms in total. The van der Waals surface area contributed by atoms with Gasteiger partial charge in [-0.05, 0) is 36.8 Å². The number of carbonyl (C=O) groups excluding carboxylic acids is 2. The number of rotatable bonds is 4. The van der Waals surface area contributed by atoms with Crippen molar-refractivity contribution in [3.05, 3.63) is 28.5 Å². The molecule has 2 aliphatic heterocycles. The molecule has 2 fully saturated rings. The SMILES string of the molecule is O=C(NC1CCC1)C1=NOC2(CCN(C(=O)/C=C/c3cccs3)CC2)C1. The van der Waals surface area contributed by atoms with Gasteiger partial charge in [0.15, 0.2) is 0 Å². The Kier molecular flexibility index (Phi) is 4.80. The van der Waals surface area contributed by atoms with Gasteiger partial charge in [0.1, 0.15) is 11.3 Å². The molecule has 1 N–H and O–H groups in total. The zero-order chi connectivity index (χ0) is 18.0. The van der Waals surface area contributed by atoms with Crippen molar-refractivity contribution in [2.75, 3.05) is 13.1 Å². The lowest BCUT2D eigenvalue weighted by Crippen LogP contribution is -2.48. The Labute approximate surface area is 156 Å². The first-order valence-electron chi connectivity index (χ1n) is 9.20. The summed E-state index contributed by atoms with van der Waals surface area (Å²) in [7, 11) is 0. The van der Waals surface area contributed by atoms with Crippen LogP contribution in [0.1, 0.15) is 43.4 Å². The fourth-order valence-electron chi connectivity index (χ4n) is 3.51. The second-order valence-electron chi connectivity index (χ2n) is 7.26. The van der Waals surface area contributed by atoms with Gasteiger partial charge in [0.05, 0.1) is 0 Å². The summed E-state index contributed by atoms with van der Waals surface area (Å²) in [5.41, 5.74) is 0.0786. The first kappa shape index (κ1) is 17.3. The largest absolute Gasteiger partial charge is 0.388 e. The zero-order valence-corrected chi connectivity index (χ0v) is 15.5. The maximum atomic E-state index is 12.3. The maximum absolute atomic E-state index is 12.3. The van der Waals surface area contributed by atoms with Gasteiger partial charge < -0.3 is 15.1 Å². The van der Waals surface area contributed by atoms with E-state index in [1.807, 2.05) is 28.5 Å². The molecule has 0 unspecified atom stereocenters. The Morgan fingerprint density at radius 2 is 2.15 bits per heavy atom. The van der Waals surface area contributed by atoms with Crippen LogP contribution in [0, 0.1) is 0 Å². The van der Waals surface area contributed by atoms with Crippen LogP contribution in [0.15, 0.2) is 28.7 Å². The topological polar surface area (TPSA) is 71.0 Å². The fourth-order valence-corrected chi connectivity index (χ4v) is 4.13. The number of hydrogen-bond donors (Lipinski definition) is 1. The summed E-state index contributed by atoms with van der Waals surface area (Å²) >= 11 is 1.61. The quantitative estimate of drug-likeness (QED) is 0.825. The van der Waals surface area contributed by atoms with Crippen LogP contribution in [-0.4, -0.2) is 47.2 Å². The smallest absolute Gasteiger partial charge is 0.269 e. The number of likely N-dealkylation sites (tertiary alicyclic amines) is 1. The van der Waals surface area contributed by atoms with Crippen molar-refractivity contribution in [2.45, 2.75) is 50.2 Å². The molecule has 1 saturated carbocycles. The van der Waals surface area contributed by atoms with E-state index in [9.17, 15) is 9.59 Å². The average Bonchev–Trinajstić information content (AvgIpc) is 3.27. The Hall–Kier alpha value is -2.15. The number of piperidine rings is 1. The van der Waals surface area contributed by atoms with Gasteiger partial charge in [-0.25, -0.2) is 0 Å². The predicted octanol–water partition coefficient (Wildman–Crippen LogP) is 2.57. The second kappa shape index (κ2) is 7.23. The third-order valence-electron chi connectivity index (χ3n) is 5.46. The molecule has 138 valence electrons. The van der Waals surface area contributed by atoms with E-state index >= 15 is 0 Å². The summed E-state index contributed by atoms with van der Waals surface area (Å²) in [6.07, 6.45) is 8.73. The van der Waals surface area contributed by atoms with Crippen LogP contribution in [0.2, 0.25) is 0 Å². The summed E-state index contributed by atoms with van der Waals surface area (Å²) in [6, 6.07) is 4.26. The highest BCUT2D eigenvalue weighted by molar-refractivity contribution is 7.10. The van der Waals surface area contributed by atoms with Crippen LogP contribution in [0.5, 0.6) is 0 Å². The van der Waals surface area contributed by atoms with Gasteiger partial charge in [0, 0.05) is 49.3 Å². The monoisotopic (exact) mass is 373 g/mol. The maximum Gasteiger partial charge on any atom is 0.269 e. The number of hydrogen-bond acceptors (Lipinski definition) is 5. The molecule has 0 bridgehead atoms. The van der Waals surface area contributed by atoms with E-state index in [2.05, 4.69) is 10.5 Å². The van der Waals surface area contributed by atoms with Crippen LogP contribution >= 0.6 is 11.3 Å². The van der Waals surface area contributed by atoms with E-state index in [0.29, 0.717) is 44.1 Å². The Morgan fingerprint density at radius 3 is 2.81 bits per heavy atom. The number of nitrogens with one attached hydrogen (secondary N) is 1. The number of amides is 2. The van der Waals surface area contributed by atoms with Crippen LogP contribution in [0.25, 0.3) is 6.08 Å². The van der Waals surface area contributed by atoms with Crippen LogP contribution < -0.4 is 5.32 Å². The van der Waals surface area contributed by atoms with E-state index in [0.717, 1.165) is 17.7 Å². The van der Waals surface area contributed by atoms with E-state index < -0.39 is 5.60 Å². The summed E-state index contributed by atoms with van der Waals surface area (Å²) < 4.78 is 0. The summed E-state index contributed by atoms with van der Waals surface area (Å²) in [4.78, 5) is 33.2. The van der Waals surface area contributed by atoms with Crippen LogP contribution in [0.4, 0.5) is 0 Å². The molecule has 3 heterocycles. The van der Waals surface area contributed by atoms with Gasteiger partial charge in [-0.2, -0.15) is 0 Å². The standard InChI is InChI=1S/C19H23N3O3S/c23-17(7-6-15-5-2-12-26-15)22-10-8-19(9-11-22)13-16(21-25-19)18(24)20-14-3-1-4-14/h2,5-7,12,14H,1,3-4,8-11,13H2,(H,20,24)/b7-6+. The van der Waals surface area contributed by atoms with Gasteiger partial charge in [-0.15, -0.1) is 11.3 Å². The molecule has 1 spiro atoms. The average molecular weight is 373 g/mol. The molecule has 1 saturated heterocycles. The predicted molar refractivity (Wildman–Crippen MR) is 101 cm³/mol. The highest BCUT2D eigenvalue weighted by Gasteiger charge is 2.44. The molecular formula is C19H23N3O3S. The van der Waals surface area contributed by atoms with Gasteiger partial charge in [0.25, 0.3) is 5.91 Å². The molecule has 3 aliphatic rings. The van der Waals surface area contributed by atoms with Gasteiger partial charge >= 0.3 is 0 Å². The zero-order valence-electron chi connectivity index (χ0n) is 14.6. The first-order chi connectivity index (χ1) is 12.6. The van der Waals surface area contributed by atoms with Crippen molar-refractivity contribution in [2.24, 2.45) is 5.16 Å². The highest BCUT2D eigenvalue weighted by Crippen LogP contribution is 2.35. The van der Waals surface area contributed by atoms with Crippen molar-refractivity contribution in [1.29, 1.82) is 0 Å². The van der Waals surface area contributed by atoms with Crippen molar-refractivity contribution in [3.63, 3.8) is 0 Å². The Morgan fingerprint density at radius 1 is 1.35 bits per heavy atom. The highest BCUT2D eigenvalue weighted by atomic mass is 32.1. The summed E-state index contributed by atoms with van der Waals surface area (Å²) in [5, 5.41) is 9.06. The molecule has 0 radical (unpaired) electrons. The van der Waals surface area contributed by atoms with E-state index in [-0.39, 0.29) is 11.8 Å². The minimum Gasteiger partial charge on any atom is -0.388 e. The van der Waals surface area contributed by atoms with Crippen molar-refractivity contribution in [1.82, 2.24) is 10.2 Å². The minimum atomic E-state index is -0.416. The van der Waals surface area contributed by atoms with Crippen LogP contribution in [-0.2, 0) is 14.4 Å². The van der Waals surface area contributed by atoms with Crippen LogP contribution in [0.3, 0.4) is 0 Å². The molecule has 2 amide bonds. The molecule has 0 atom stereocenters. The fraction of sp³-hybridized carbons (Fsp3) is 0.526. The minimum absolute atomic E-state index is 0.0233. The van der Waals surface area contributed by atoms with E-state index in [1.165, 1.54) is 6.42 Å². The molecule has 1 aromatic heterocycles. The molecule has 4 rings (SSSR count). The Balaban J connectivity index is 1.27. The number of nitrogens with zero attached hydrogens (tertiary/aromatic N) is 2. The second-order valence-corrected chi connectivity index (χ2v) is 8.24. The molecule has 26 heavy (non-hydrogen) atoms. The third kappa shape index (κ3) is 3.67. The lowest BCUT2D eigenvalue weighted by Gasteiger charge is -2.36. The van der Waals surface area contributed by atoms with Gasteiger partial charge in [0.2, 0.25) is 5.91 Å². The van der Waals surface area contributed by atoms with Gasteiger partial charge in [-0.1, -0.05) is 11.2 Å². The van der Waals surface area contributed by atoms with Gasteiger partial charge in [-0.3, -0.25) is 9.59 Å². The van der Waals surface area contributed by atoms with Crippen molar-refractivity contribution >= 4 is 34.9 Å². The van der Waals surface area contributed by atoms with Crippen molar-refractivity contribution < 1.29 is 14.4 Å². The number of carbonyl (C=O) groups is 2. The molecular weight excluding hydrogens is 350 g/mol. The van der Waals surface area contributed by atoms with E-state index in [1.54, 1.807) is 17.4 Å². The lowest BCUT2D eigenvalue weighted by molar-refractivity contribution is -0.131. The number of thiophene rings is 1.